The van der Waals surface area contributed by atoms with E-state index in [4.69, 9.17) is 23.2 Å². The zero-order valence-electron chi connectivity index (χ0n) is 7.54. The van der Waals surface area contributed by atoms with Crippen molar-refractivity contribution in [3.8, 4) is 0 Å². The zero-order valence-corrected chi connectivity index (χ0v) is 9.87. The second kappa shape index (κ2) is 4.69. The highest BCUT2D eigenvalue weighted by Gasteiger charge is 2.18. The maximum Gasteiger partial charge on any atom is 0.170 e. The van der Waals surface area contributed by atoms with Gasteiger partial charge in [0.05, 0.1) is 10.7 Å². The molecule has 1 aromatic rings. The number of hydrogen-bond donors (Lipinski definition) is 0. The van der Waals surface area contributed by atoms with Crippen molar-refractivity contribution in [3.05, 3.63) is 21.9 Å². The molecule has 1 aromatic heterocycles. The normalized spacial score (nSPS) is 22.3. The summed E-state index contributed by atoms with van der Waals surface area (Å²) < 4.78 is 0. The monoisotopic (exact) mass is 248 g/mol. The summed E-state index contributed by atoms with van der Waals surface area (Å²) in [6.07, 6.45) is 2.43. The molecule has 1 aliphatic rings. The van der Waals surface area contributed by atoms with Crippen LogP contribution in [-0.4, -0.2) is 21.7 Å². The van der Waals surface area contributed by atoms with Crippen LogP contribution in [0.3, 0.4) is 0 Å². The van der Waals surface area contributed by atoms with Crippen LogP contribution >= 0.6 is 35.0 Å². The van der Waals surface area contributed by atoms with E-state index in [1.165, 1.54) is 18.6 Å². The Kier molecular flexibility index (Phi) is 3.52. The summed E-state index contributed by atoms with van der Waals surface area (Å²) in [6, 6.07) is 1.84. The van der Waals surface area contributed by atoms with Gasteiger partial charge in [-0.3, -0.25) is 0 Å². The van der Waals surface area contributed by atoms with E-state index in [0.29, 0.717) is 16.1 Å². The first kappa shape index (κ1) is 10.5. The number of halogens is 2. The minimum atomic E-state index is 0.291. The highest BCUT2D eigenvalue weighted by Crippen LogP contribution is 2.31. The van der Waals surface area contributed by atoms with Crippen LogP contribution in [-0.2, 0) is 0 Å². The van der Waals surface area contributed by atoms with Gasteiger partial charge in [-0.05, 0) is 24.7 Å². The van der Waals surface area contributed by atoms with Gasteiger partial charge in [0.1, 0.15) is 0 Å². The van der Waals surface area contributed by atoms with Gasteiger partial charge in [0.15, 0.2) is 5.15 Å². The smallest absolute Gasteiger partial charge is 0.161 e. The molecule has 0 radical (unpaired) electrons. The van der Waals surface area contributed by atoms with Crippen LogP contribution in [0.5, 0.6) is 0 Å². The summed E-state index contributed by atoms with van der Waals surface area (Å²) >= 11 is 13.6. The minimum Gasteiger partial charge on any atom is -0.161 e. The van der Waals surface area contributed by atoms with Crippen molar-refractivity contribution in [2.24, 2.45) is 0 Å². The van der Waals surface area contributed by atoms with E-state index in [2.05, 4.69) is 10.2 Å². The third-order valence-electron chi connectivity index (χ3n) is 2.30. The van der Waals surface area contributed by atoms with Crippen molar-refractivity contribution < 1.29 is 0 Å². The van der Waals surface area contributed by atoms with E-state index in [1.807, 2.05) is 17.8 Å². The summed E-state index contributed by atoms with van der Waals surface area (Å²) in [5.74, 6) is 2.87. The molecule has 1 fully saturated rings. The fourth-order valence-corrected chi connectivity index (χ4v) is 2.94. The molecule has 1 atom stereocenters. The van der Waals surface area contributed by atoms with E-state index in [-0.39, 0.29) is 0 Å². The molecular weight excluding hydrogens is 239 g/mol. The fourth-order valence-electron chi connectivity index (χ4n) is 1.54. The molecule has 0 aromatic carbocycles. The Morgan fingerprint density at radius 1 is 1.36 bits per heavy atom. The average molecular weight is 249 g/mol. The molecule has 0 spiro atoms. The Labute approximate surface area is 97.4 Å². The molecule has 76 valence electrons. The van der Waals surface area contributed by atoms with E-state index in [0.717, 1.165) is 11.4 Å². The van der Waals surface area contributed by atoms with Crippen LogP contribution in [0.4, 0.5) is 0 Å². The quantitative estimate of drug-likeness (QED) is 0.762. The van der Waals surface area contributed by atoms with E-state index < -0.39 is 0 Å². The van der Waals surface area contributed by atoms with Crippen molar-refractivity contribution in [2.45, 2.75) is 18.8 Å². The molecule has 1 saturated heterocycles. The Morgan fingerprint density at radius 3 is 2.86 bits per heavy atom. The molecule has 2 rings (SSSR count). The lowest BCUT2D eigenvalue weighted by Crippen LogP contribution is -2.10. The second-order valence-electron chi connectivity index (χ2n) is 3.32. The Hall–Kier alpha value is 0.01000. The Morgan fingerprint density at radius 2 is 2.21 bits per heavy atom. The molecule has 2 heterocycles. The number of thioether (sulfide) groups is 1. The fraction of sp³-hybridized carbons (Fsp3) is 0.556. The van der Waals surface area contributed by atoms with Crippen molar-refractivity contribution in [1.29, 1.82) is 0 Å². The van der Waals surface area contributed by atoms with Gasteiger partial charge in [-0.1, -0.05) is 23.2 Å². The lowest BCUT2D eigenvalue weighted by atomic mass is 10.0. The van der Waals surface area contributed by atoms with Crippen LogP contribution < -0.4 is 0 Å². The van der Waals surface area contributed by atoms with Gasteiger partial charge >= 0.3 is 0 Å². The molecule has 0 bridgehead atoms. The molecule has 14 heavy (non-hydrogen) atoms. The van der Waals surface area contributed by atoms with Crippen molar-refractivity contribution in [2.75, 3.05) is 11.5 Å². The van der Waals surface area contributed by atoms with Crippen molar-refractivity contribution in [1.82, 2.24) is 10.2 Å². The summed E-state index contributed by atoms with van der Waals surface area (Å²) in [5, 5.41) is 8.71. The highest BCUT2D eigenvalue weighted by atomic mass is 35.5. The first-order valence-corrected chi connectivity index (χ1v) is 6.45. The summed E-state index contributed by atoms with van der Waals surface area (Å²) in [6.45, 7) is 0. The summed E-state index contributed by atoms with van der Waals surface area (Å²) in [5.41, 5.74) is 0.978. The van der Waals surface area contributed by atoms with E-state index in [1.54, 1.807) is 0 Å². The van der Waals surface area contributed by atoms with Crippen LogP contribution in [0.25, 0.3) is 0 Å². The van der Waals surface area contributed by atoms with Crippen molar-refractivity contribution in [3.63, 3.8) is 0 Å². The first-order chi connectivity index (χ1) is 6.77. The van der Waals surface area contributed by atoms with Crippen LogP contribution in [0.2, 0.25) is 10.2 Å². The summed E-state index contributed by atoms with van der Waals surface area (Å²) in [7, 11) is 0. The SMILES string of the molecule is Clc1cc(C2CCCSC2)nnc1Cl. The molecule has 0 saturated carbocycles. The largest absolute Gasteiger partial charge is 0.170 e. The highest BCUT2D eigenvalue weighted by molar-refractivity contribution is 7.99. The molecule has 0 N–H and O–H groups in total. The Balaban J connectivity index is 2.18. The molecule has 0 aliphatic carbocycles. The van der Waals surface area contributed by atoms with Gasteiger partial charge in [-0.2, -0.15) is 16.9 Å². The second-order valence-corrected chi connectivity index (χ2v) is 5.24. The Bertz CT molecular complexity index is 327. The first-order valence-electron chi connectivity index (χ1n) is 4.54. The van der Waals surface area contributed by atoms with Gasteiger partial charge in [-0.15, -0.1) is 5.10 Å². The topological polar surface area (TPSA) is 25.8 Å². The average Bonchev–Trinajstić information content (AvgIpc) is 2.23. The third kappa shape index (κ3) is 2.33. The maximum absolute atomic E-state index is 5.89. The van der Waals surface area contributed by atoms with Crippen molar-refractivity contribution >= 4 is 35.0 Å². The molecular formula is C9H10Cl2N2S. The standard InChI is InChI=1S/C9H10Cl2N2S/c10-7-4-8(12-13-9(7)11)6-2-1-3-14-5-6/h4,6H,1-3,5H2. The van der Waals surface area contributed by atoms with E-state index in [9.17, 15) is 0 Å². The predicted molar refractivity (Wildman–Crippen MR) is 61.4 cm³/mol. The van der Waals surface area contributed by atoms with Gasteiger partial charge in [-0.25, -0.2) is 0 Å². The molecule has 5 heteroatoms. The van der Waals surface area contributed by atoms with Gasteiger partial charge < -0.3 is 0 Å². The van der Waals surface area contributed by atoms with Gasteiger partial charge in [0.2, 0.25) is 0 Å². The molecule has 1 aliphatic heterocycles. The third-order valence-corrected chi connectivity index (χ3v) is 4.18. The van der Waals surface area contributed by atoms with Gasteiger partial charge in [0, 0.05) is 11.7 Å². The van der Waals surface area contributed by atoms with Crippen LogP contribution in [0, 0.1) is 0 Å². The predicted octanol–water partition coefficient (Wildman–Crippen LogP) is 3.39. The minimum absolute atomic E-state index is 0.291. The zero-order chi connectivity index (χ0) is 9.97. The lowest BCUT2D eigenvalue weighted by molar-refractivity contribution is 0.633. The molecule has 1 unspecified atom stereocenters. The van der Waals surface area contributed by atoms with Gasteiger partial charge in [0.25, 0.3) is 0 Å². The number of rotatable bonds is 1. The van der Waals surface area contributed by atoms with Crippen LogP contribution in [0.1, 0.15) is 24.5 Å². The molecule has 2 nitrogen and oxygen atoms in total. The summed E-state index contributed by atoms with van der Waals surface area (Å²) in [4.78, 5) is 0. The maximum atomic E-state index is 5.89. The lowest BCUT2D eigenvalue weighted by Gasteiger charge is -2.20. The number of nitrogens with zero attached hydrogens (tertiary/aromatic N) is 2. The number of hydrogen-bond acceptors (Lipinski definition) is 3. The van der Waals surface area contributed by atoms with E-state index >= 15 is 0 Å². The van der Waals surface area contributed by atoms with Crippen LogP contribution in [0.15, 0.2) is 6.07 Å². The molecule has 0 amide bonds. The number of aromatic nitrogens is 2.